The van der Waals surface area contributed by atoms with Gasteiger partial charge in [-0.15, -0.1) is 11.3 Å². The number of aryl methyl sites for hydroxylation is 2. The molecular formula is C17H18ClN3O2S. The van der Waals surface area contributed by atoms with Crippen LogP contribution in [0.1, 0.15) is 40.2 Å². The van der Waals surface area contributed by atoms with E-state index in [1.807, 2.05) is 0 Å². The van der Waals surface area contributed by atoms with E-state index in [0.717, 1.165) is 18.5 Å². The van der Waals surface area contributed by atoms with E-state index in [1.54, 1.807) is 35.6 Å². The van der Waals surface area contributed by atoms with Gasteiger partial charge >= 0.3 is 0 Å². The number of nitrogens with one attached hydrogen (secondary N) is 2. The molecule has 0 aliphatic heterocycles. The number of thiazole rings is 1. The molecule has 2 amide bonds. The second-order valence-electron chi connectivity index (χ2n) is 5.66. The monoisotopic (exact) mass is 363 g/mol. The van der Waals surface area contributed by atoms with Gasteiger partial charge in [-0.3, -0.25) is 9.59 Å². The van der Waals surface area contributed by atoms with Crippen LogP contribution in [0.5, 0.6) is 0 Å². The molecule has 1 aromatic heterocycles. The second kappa shape index (κ2) is 7.77. The number of fused-ring (bicyclic) bond motifs is 1. The first-order valence-electron chi connectivity index (χ1n) is 7.94. The number of rotatable bonds is 5. The SMILES string of the molecule is O=C(CCNC(=O)c1ccc(Cl)cc1)Nc1nc2c(s1)CCCC2. The lowest BCUT2D eigenvalue weighted by Crippen LogP contribution is -2.27. The first-order valence-corrected chi connectivity index (χ1v) is 9.13. The predicted molar refractivity (Wildman–Crippen MR) is 95.8 cm³/mol. The number of hydrogen-bond acceptors (Lipinski definition) is 4. The largest absolute Gasteiger partial charge is 0.352 e. The van der Waals surface area contributed by atoms with Gasteiger partial charge in [0.25, 0.3) is 5.91 Å². The highest BCUT2D eigenvalue weighted by Crippen LogP contribution is 2.29. The second-order valence-corrected chi connectivity index (χ2v) is 7.18. The number of nitrogens with zero attached hydrogens (tertiary/aromatic N) is 1. The molecule has 0 spiro atoms. The van der Waals surface area contributed by atoms with Crippen molar-refractivity contribution in [3.05, 3.63) is 45.4 Å². The topological polar surface area (TPSA) is 71.1 Å². The standard InChI is InChI=1S/C17H18ClN3O2S/c18-12-7-5-11(6-8-12)16(23)19-10-9-15(22)21-17-20-13-3-1-2-4-14(13)24-17/h5-8H,1-4,9-10H2,(H,19,23)(H,20,21,22). The lowest BCUT2D eigenvalue weighted by atomic mass is 10.0. The number of hydrogen-bond donors (Lipinski definition) is 2. The van der Waals surface area contributed by atoms with Crippen molar-refractivity contribution < 1.29 is 9.59 Å². The van der Waals surface area contributed by atoms with Crippen LogP contribution in [0.3, 0.4) is 0 Å². The zero-order valence-electron chi connectivity index (χ0n) is 13.1. The lowest BCUT2D eigenvalue weighted by Gasteiger charge is -2.06. The third-order valence-corrected chi connectivity index (χ3v) is 5.16. The zero-order chi connectivity index (χ0) is 16.9. The number of carbonyl (C=O) groups is 2. The Morgan fingerprint density at radius 2 is 1.92 bits per heavy atom. The fourth-order valence-electron chi connectivity index (χ4n) is 2.58. The quantitative estimate of drug-likeness (QED) is 0.854. The molecule has 1 aliphatic rings. The van der Waals surface area contributed by atoms with Gasteiger partial charge in [0.1, 0.15) is 0 Å². The predicted octanol–water partition coefficient (Wildman–Crippen LogP) is 3.43. The number of aromatic nitrogens is 1. The molecule has 1 aromatic carbocycles. The summed E-state index contributed by atoms with van der Waals surface area (Å²) in [6, 6.07) is 6.62. The zero-order valence-corrected chi connectivity index (χ0v) is 14.7. The van der Waals surface area contributed by atoms with Crippen LogP contribution < -0.4 is 10.6 Å². The Morgan fingerprint density at radius 1 is 1.17 bits per heavy atom. The van der Waals surface area contributed by atoms with Crippen LogP contribution in [0.4, 0.5) is 5.13 Å². The Bertz CT molecular complexity index is 719. The van der Waals surface area contributed by atoms with Crippen molar-refractivity contribution in [2.75, 3.05) is 11.9 Å². The molecule has 0 fully saturated rings. The van der Waals surface area contributed by atoms with Crippen molar-refractivity contribution in [2.45, 2.75) is 32.1 Å². The van der Waals surface area contributed by atoms with Gasteiger partial charge in [0, 0.05) is 28.4 Å². The molecule has 2 N–H and O–H groups in total. The minimum absolute atomic E-state index is 0.141. The number of carbonyl (C=O) groups excluding carboxylic acids is 2. The summed E-state index contributed by atoms with van der Waals surface area (Å²) >= 11 is 7.35. The van der Waals surface area contributed by atoms with Crippen LogP contribution in [-0.4, -0.2) is 23.3 Å². The molecule has 0 unspecified atom stereocenters. The van der Waals surface area contributed by atoms with Gasteiger partial charge in [-0.05, 0) is 49.9 Å². The highest BCUT2D eigenvalue weighted by Gasteiger charge is 2.16. The van der Waals surface area contributed by atoms with Gasteiger partial charge in [-0.25, -0.2) is 4.98 Å². The average molecular weight is 364 g/mol. The molecule has 7 heteroatoms. The summed E-state index contributed by atoms with van der Waals surface area (Å²) in [6.07, 6.45) is 4.63. The Hall–Kier alpha value is -1.92. The first-order chi connectivity index (χ1) is 11.6. The van der Waals surface area contributed by atoms with Crippen LogP contribution in [0, 0.1) is 0 Å². The normalized spacial score (nSPS) is 13.2. The molecular weight excluding hydrogens is 346 g/mol. The van der Waals surface area contributed by atoms with E-state index < -0.39 is 0 Å². The Kier molecular flexibility index (Phi) is 5.48. The van der Waals surface area contributed by atoms with Crippen molar-refractivity contribution in [1.82, 2.24) is 10.3 Å². The molecule has 0 bridgehead atoms. The van der Waals surface area contributed by atoms with E-state index in [4.69, 9.17) is 11.6 Å². The Balaban J connectivity index is 1.44. The van der Waals surface area contributed by atoms with Crippen molar-refractivity contribution in [3.8, 4) is 0 Å². The lowest BCUT2D eigenvalue weighted by molar-refractivity contribution is -0.116. The molecule has 1 aliphatic carbocycles. The summed E-state index contributed by atoms with van der Waals surface area (Å²) in [5.74, 6) is -0.360. The summed E-state index contributed by atoms with van der Waals surface area (Å²) in [5, 5.41) is 6.79. The van der Waals surface area contributed by atoms with Crippen LogP contribution in [-0.2, 0) is 17.6 Å². The Labute approximate surface area is 149 Å². The van der Waals surface area contributed by atoms with E-state index in [0.29, 0.717) is 15.7 Å². The smallest absolute Gasteiger partial charge is 0.251 e. The van der Waals surface area contributed by atoms with Crippen LogP contribution in [0.15, 0.2) is 24.3 Å². The molecule has 3 rings (SSSR count). The van der Waals surface area contributed by atoms with E-state index in [1.165, 1.54) is 17.7 Å². The third-order valence-electron chi connectivity index (χ3n) is 3.84. The van der Waals surface area contributed by atoms with Crippen molar-refractivity contribution >= 4 is 39.9 Å². The molecule has 0 saturated carbocycles. The summed E-state index contributed by atoms with van der Waals surface area (Å²) in [7, 11) is 0. The maximum Gasteiger partial charge on any atom is 0.251 e. The molecule has 5 nitrogen and oxygen atoms in total. The first kappa shape index (κ1) is 16.9. The fourth-order valence-corrected chi connectivity index (χ4v) is 3.77. The van der Waals surface area contributed by atoms with E-state index >= 15 is 0 Å². The average Bonchev–Trinajstić information content (AvgIpc) is 2.97. The van der Waals surface area contributed by atoms with Gasteiger partial charge < -0.3 is 10.6 Å². The molecule has 0 atom stereocenters. The van der Waals surface area contributed by atoms with Crippen molar-refractivity contribution in [3.63, 3.8) is 0 Å². The highest BCUT2D eigenvalue weighted by molar-refractivity contribution is 7.15. The van der Waals surface area contributed by atoms with Gasteiger partial charge in [0.15, 0.2) is 5.13 Å². The van der Waals surface area contributed by atoms with E-state index in [2.05, 4.69) is 15.6 Å². The van der Waals surface area contributed by atoms with Gasteiger partial charge in [-0.1, -0.05) is 11.6 Å². The van der Waals surface area contributed by atoms with Gasteiger partial charge in [0.2, 0.25) is 5.91 Å². The minimum atomic E-state index is -0.218. The van der Waals surface area contributed by atoms with Crippen molar-refractivity contribution in [1.29, 1.82) is 0 Å². The number of halogens is 1. The third kappa shape index (κ3) is 4.33. The number of benzene rings is 1. The van der Waals surface area contributed by atoms with Crippen molar-refractivity contribution in [2.24, 2.45) is 0 Å². The van der Waals surface area contributed by atoms with E-state index in [9.17, 15) is 9.59 Å². The van der Waals surface area contributed by atoms with Crippen LogP contribution in [0.2, 0.25) is 5.02 Å². The molecule has 0 saturated heterocycles. The van der Waals surface area contributed by atoms with Crippen LogP contribution in [0.25, 0.3) is 0 Å². The van der Waals surface area contributed by atoms with Crippen LogP contribution >= 0.6 is 22.9 Å². The minimum Gasteiger partial charge on any atom is -0.352 e. The maximum absolute atomic E-state index is 12.0. The molecule has 2 aromatic rings. The molecule has 126 valence electrons. The number of anilines is 1. The highest BCUT2D eigenvalue weighted by atomic mass is 35.5. The molecule has 24 heavy (non-hydrogen) atoms. The summed E-state index contributed by atoms with van der Waals surface area (Å²) < 4.78 is 0. The van der Waals surface area contributed by atoms with E-state index in [-0.39, 0.29) is 24.8 Å². The maximum atomic E-state index is 12.0. The fraction of sp³-hybridized carbons (Fsp3) is 0.353. The Morgan fingerprint density at radius 3 is 2.67 bits per heavy atom. The molecule has 0 radical (unpaired) electrons. The van der Waals surface area contributed by atoms with Gasteiger partial charge in [-0.2, -0.15) is 0 Å². The summed E-state index contributed by atoms with van der Waals surface area (Å²) in [5.41, 5.74) is 1.64. The summed E-state index contributed by atoms with van der Waals surface area (Å²) in [6.45, 7) is 0.276. The number of amides is 2. The summed E-state index contributed by atoms with van der Waals surface area (Å²) in [4.78, 5) is 29.7. The van der Waals surface area contributed by atoms with Gasteiger partial charge in [0.05, 0.1) is 5.69 Å². The molecule has 1 heterocycles.